The number of amides is 2. The summed E-state index contributed by atoms with van der Waals surface area (Å²) in [6.07, 6.45) is -1.48. The van der Waals surface area contributed by atoms with Gasteiger partial charge in [0.25, 0.3) is 21.9 Å². The summed E-state index contributed by atoms with van der Waals surface area (Å²) in [5.74, 6) is -3.39. The number of thioether (sulfide) groups is 2. The Labute approximate surface area is 236 Å². The summed E-state index contributed by atoms with van der Waals surface area (Å²) in [6.45, 7) is 0. The smallest absolute Gasteiger partial charge is 1.00 e. The van der Waals surface area contributed by atoms with Crippen molar-refractivity contribution in [3.05, 3.63) is 47.2 Å². The maximum absolute atomic E-state index is 12.8. The van der Waals surface area contributed by atoms with Crippen molar-refractivity contribution in [1.29, 1.82) is 0 Å². The second-order valence-electron chi connectivity index (χ2n) is 7.43. The van der Waals surface area contributed by atoms with Crippen molar-refractivity contribution < 1.29 is 68.6 Å². The standard InChI is InChI=1S/C18H18N6O8S3.Na.H/c25-13(9-4-2-1-3-5-9)14(26)19-11-15(27)24-12(17(28)29)10(6-33-16(11)24)7-34-18-20-21-22-23(18)8-35(30,31)32;;/h1-5,11,13,16,25H,6-8H2,(H,19,26)(H,28,29)(H,30,31,32);;/q;+1;-1/t11-,13?,16-;;/m1../s1. The first kappa shape index (κ1) is 28.6. The SMILES string of the molecule is O=C(O)C1=C(CSc2nnnn2CS(=O)(=O)O)CS[C@@H]2[C@H](NC(=O)C(O)c3ccccc3)C(=O)N12.[H-].[Na+]. The van der Waals surface area contributed by atoms with E-state index < -0.39 is 51.3 Å². The molecule has 0 spiro atoms. The molecule has 1 aromatic heterocycles. The fourth-order valence-electron chi connectivity index (χ4n) is 3.50. The Morgan fingerprint density at radius 3 is 2.64 bits per heavy atom. The Morgan fingerprint density at radius 2 is 2.00 bits per heavy atom. The summed E-state index contributed by atoms with van der Waals surface area (Å²) in [6, 6.07) is 7.17. The van der Waals surface area contributed by atoms with E-state index in [1.807, 2.05) is 0 Å². The molecule has 188 valence electrons. The van der Waals surface area contributed by atoms with E-state index in [9.17, 15) is 33.0 Å². The number of carbonyl (C=O) groups excluding carboxylic acids is 2. The summed E-state index contributed by atoms with van der Waals surface area (Å²) >= 11 is 2.17. The largest absolute Gasteiger partial charge is 1.00 e. The molecule has 0 saturated carbocycles. The molecule has 14 nitrogen and oxygen atoms in total. The quantitative estimate of drug-likeness (QED) is 0.0996. The van der Waals surface area contributed by atoms with Gasteiger partial charge in [-0.05, 0) is 21.6 Å². The van der Waals surface area contributed by atoms with Crippen molar-refractivity contribution in [2.24, 2.45) is 0 Å². The third-order valence-corrected chi connectivity index (χ3v) is 8.03. The second kappa shape index (κ2) is 11.6. The summed E-state index contributed by atoms with van der Waals surface area (Å²) in [5, 5.41) is 32.4. The number of carboxylic acids is 1. The minimum Gasteiger partial charge on any atom is -1.00 e. The fourth-order valence-corrected chi connectivity index (χ4v) is 6.43. The van der Waals surface area contributed by atoms with E-state index in [0.717, 1.165) is 21.3 Å². The van der Waals surface area contributed by atoms with Gasteiger partial charge in [0.05, 0.1) is 0 Å². The van der Waals surface area contributed by atoms with Gasteiger partial charge in [-0.15, -0.1) is 16.9 Å². The van der Waals surface area contributed by atoms with Crippen LogP contribution in [0.5, 0.6) is 0 Å². The molecule has 1 unspecified atom stereocenters. The first-order chi connectivity index (χ1) is 16.6. The van der Waals surface area contributed by atoms with Gasteiger partial charge in [-0.25, -0.2) is 9.48 Å². The topological polar surface area (TPSA) is 205 Å². The van der Waals surface area contributed by atoms with Crippen molar-refractivity contribution in [2.45, 2.75) is 28.6 Å². The molecule has 2 aromatic rings. The Balaban J connectivity index is 0.00000241. The van der Waals surface area contributed by atoms with Crippen LogP contribution in [0.1, 0.15) is 13.1 Å². The molecule has 3 heterocycles. The van der Waals surface area contributed by atoms with E-state index in [4.69, 9.17) is 4.55 Å². The van der Waals surface area contributed by atoms with Crippen molar-refractivity contribution in [3.63, 3.8) is 0 Å². The second-order valence-corrected chi connectivity index (χ2v) is 10.9. The Morgan fingerprint density at radius 1 is 1.31 bits per heavy atom. The number of aromatic nitrogens is 4. The number of aliphatic hydroxyl groups is 1. The molecule has 0 radical (unpaired) electrons. The predicted octanol–water partition coefficient (Wildman–Crippen LogP) is -3.80. The molecular weight excluding hydrogens is 547 g/mol. The van der Waals surface area contributed by atoms with Crippen LogP contribution in [0.25, 0.3) is 0 Å². The number of carbonyl (C=O) groups is 3. The maximum Gasteiger partial charge on any atom is 1.00 e. The molecule has 2 amide bonds. The van der Waals surface area contributed by atoms with Crippen molar-refractivity contribution >= 4 is 51.4 Å². The number of rotatable bonds is 9. The zero-order valence-electron chi connectivity index (χ0n) is 19.6. The minimum atomic E-state index is -4.40. The number of fused-ring (bicyclic) bond motifs is 1. The van der Waals surface area contributed by atoms with Gasteiger partial charge in [0.1, 0.15) is 17.1 Å². The van der Waals surface area contributed by atoms with Crippen molar-refractivity contribution in [1.82, 2.24) is 30.4 Å². The summed E-state index contributed by atoms with van der Waals surface area (Å²) < 4.78 is 32.0. The average molecular weight is 567 g/mol. The van der Waals surface area contributed by atoms with Gasteiger partial charge in [-0.3, -0.25) is 19.0 Å². The number of hydrogen-bond acceptors (Lipinski definition) is 11. The minimum absolute atomic E-state index is 0. The molecule has 18 heteroatoms. The number of tetrazole rings is 1. The molecule has 36 heavy (non-hydrogen) atoms. The van der Waals surface area contributed by atoms with Crippen LogP contribution in [-0.4, -0.2) is 89.0 Å². The van der Waals surface area contributed by atoms with Crippen LogP contribution < -0.4 is 34.9 Å². The summed E-state index contributed by atoms with van der Waals surface area (Å²) in [4.78, 5) is 38.3. The van der Waals surface area contributed by atoms with Gasteiger partial charge in [0.2, 0.25) is 5.16 Å². The van der Waals surface area contributed by atoms with Gasteiger partial charge in [-0.2, -0.15) is 8.42 Å². The Bertz CT molecular complexity index is 1310. The molecule has 0 aliphatic carbocycles. The molecule has 2 aliphatic rings. The van der Waals surface area contributed by atoms with E-state index in [1.54, 1.807) is 30.3 Å². The fraction of sp³-hybridized carbons (Fsp3) is 0.333. The van der Waals surface area contributed by atoms with Crippen LogP contribution in [0, 0.1) is 0 Å². The average Bonchev–Trinajstić information content (AvgIpc) is 3.25. The molecule has 2 aliphatic heterocycles. The number of benzene rings is 1. The number of hydrogen-bond donors (Lipinski definition) is 4. The molecule has 1 saturated heterocycles. The maximum atomic E-state index is 12.8. The first-order valence-electron chi connectivity index (χ1n) is 9.84. The van der Waals surface area contributed by atoms with Crippen LogP contribution in [0.3, 0.4) is 0 Å². The normalized spacial score (nSPS) is 20.2. The monoisotopic (exact) mass is 566 g/mol. The van der Waals surface area contributed by atoms with Crippen LogP contribution in [-0.2, 0) is 30.4 Å². The molecule has 1 fully saturated rings. The zero-order chi connectivity index (χ0) is 25.3. The van der Waals surface area contributed by atoms with E-state index in [0.29, 0.717) is 11.1 Å². The molecular formula is C18H19N6NaO8S3. The number of carboxylic acid groups (broad SMARTS) is 1. The van der Waals surface area contributed by atoms with Gasteiger partial charge < -0.3 is 17.0 Å². The van der Waals surface area contributed by atoms with Crippen molar-refractivity contribution in [3.8, 4) is 0 Å². The van der Waals surface area contributed by atoms with Gasteiger partial charge in [0.15, 0.2) is 12.0 Å². The van der Waals surface area contributed by atoms with E-state index in [1.165, 1.54) is 11.8 Å². The zero-order valence-corrected chi connectivity index (χ0v) is 23.0. The summed E-state index contributed by atoms with van der Waals surface area (Å²) in [7, 11) is -4.40. The third-order valence-electron chi connectivity index (χ3n) is 5.07. The predicted molar refractivity (Wildman–Crippen MR) is 122 cm³/mol. The molecule has 0 bridgehead atoms. The van der Waals surface area contributed by atoms with E-state index >= 15 is 0 Å². The molecule has 4 rings (SSSR count). The third kappa shape index (κ3) is 6.10. The first-order valence-corrected chi connectivity index (χ1v) is 13.5. The number of aliphatic carboxylic acids is 1. The van der Waals surface area contributed by atoms with E-state index in [2.05, 4.69) is 20.8 Å². The van der Waals surface area contributed by atoms with Gasteiger partial charge >= 0.3 is 35.5 Å². The van der Waals surface area contributed by atoms with Crippen LogP contribution in [0.15, 0.2) is 46.8 Å². The molecule has 1 aromatic carbocycles. The summed E-state index contributed by atoms with van der Waals surface area (Å²) in [5.41, 5.74) is 0.480. The molecule has 3 atom stereocenters. The number of nitrogens with one attached hydrogen (secondary N) is 1. The van der Waals surface area contributed by atoms with E-state index in [-0.39, 0.29) is 53.3 Å². The van der Waals surface area contributed by atoms with Crippen LogP contribution in [0.4, 0.5) is 0 Å². The van der Waals surface area contributed by atoms with Gasteiger partial charge in [0, 0.05) is 11.5 Å². The van der Waals surface area contributed by atoms with Crippen LogP contribution >= 0.6 is 23.5 Å². The Kier molecular flexibility index (Phi) is 9.20. The Hall–Kier alpha value is -1.99. The number of nitrogens with zero attached hydrogens (tertiary/aromatic N) is 5. The van der Waals surface area contributed by atoms with Crippen LogP contribution in [0.2, 0.25) is 0 Å². The van der Waals surface area contributed by atoms with Crippen molar-refractivity contribution in [2.75, 3.05) is 11.5 Å². The number of β-lactam (4-membered cyclic amide) rings is 1. The van der Waals surface area contributed by atoms with Gasteiger partial charge in [-0.1, -0.05) is 42.1 Å². The molecule has 4 N–H and O–H groups in total. The number of aliphatic hydroxyl groups excluding tert-OH is 1.